The van der Waals surface area contributed by atoms with Crippen molar-refractivity contribution in [3.05, 3.63) is 39.6 Å². The minimum Gasteiger partial charge on any atom is -0.355 e. The van der Waals surface area contributed by atoms with Crippen molar-refractivity contribution in [1.82, 2.24) is 14.8 Å². The number of fused-ring (bicyclic) bond motifs is 1. The van der Waals surface area contributed by atoms with E-state index in [2.05, 4.69) is 24.1 Å². The lowest BCUT2D eigenvalue weighted by Gasteiger charge is -2.20. The van der Waals surface area contributed by atoms with Crippen LogP contribution in [0.15, 0.2) is 34.0 Å². The number of pyridine rings is 1. The van der Waals surface area contributed by atoms with Crippen LogP contribution in [-0.2, 0) is 11.8 Å². The molecular formula is C21H30ClN3O2S. The highest BCUT2D eigenvalue weighted by molar-refractivity contribution is 8.00. The molecule has 28 heavy (non-hydrogen) atoms. The second-order valence-corrected chi connectivity index (χ2v) is 8.35. The fourth-order valence-corrected chi connectivity index (χ4v) is 4.28. The van der Waals surface area contributed by atoms with Crippen molar-refractivity contribution in [2.75, 3.05) is 31.9 Å². The molecule has 2 rings (SSSR count). The molecule has 0 aliphatic carbocycles. The van der Waals surface area contributed by atoms with Crippen LogP contribution in [0.4, 0.5) is 0 Å². The van der Waals surface area contributed by atoms with Gasteiger partial charge in [-0.05, 0) is 51.0 Å². The Morgan fingerprint density at radius 1 is 1.18 bits per heavy atom. The quantitative estimate of drug-likeness (QED) is 0.439. The molecule has 0 bridgehead atoms. The van der Waals surface area contributed by atoms with Gasteiger partial charge in [0.05, 0.1) is 11.3 Å². The van der Waals surface area contributed by atoms with E-state index in [1.165, 1.54) is 11.8 Å². The molecule has 0 atom stereocenters. The van der Waals surface area contributed by atoms with Crippen LogP contribution in [0, 0.1) is 0 Å². The Morgan fingerprint density at radius 2 is 1.89 bits per heavy atom. The van der Waals surface area contributed by atoms with Crippen molar-refractivity contribution in [2.45, 2.75) is 38.0 Å². The summed E-state index contributed by atoms with van der Waals surface area (Å²) in [6.07, 6.45) is 3.25. The number of rotatable bonds is 11. The standard InChI is InChI=1S/C21H30ClN3O2S/c1-4-10-25(11-5-2)12-6-9-23-20(26)15-28-19-14-21(27)24(3)18-13-16(22)7-8-17(18)19/h7-8,13-14H,4-6,9-12,15H2,1-3H3,(H,23,26). The zero-order chi connectivity index (χ0) is 20.5. The topological polar surface area (TPSA) is 54.3 Å². The SMILES string of the molecule is CCCN(CCC)CCCNC(=O)CSc1cc(=O)n(C)c2cc(Cl)ccc12. The molecule has 154 valence electrons. The van der Waals surface area contributed by atoms with Crippen molar-refractivity contribution in [2.24, 2.45) is 7.05 Å². The van der Waals surface area contributed by atoms with Gasteiger partial charge in [-0.1, -0.05) is 31.5 Å². The fraction of sp³-hybridized carbons (Fsp3) is 0.524. The van der Waals surface area contributed by atoms with Crippen molar-refractivity contribution >= 4 is 40.2 Å². The van der Waals surface area contributed by atoms with Crippen LogP contribution in [0.3, 0.4) is 0 Å². The van der Waals surface area contributed by atoms with Crippen LogP contribution in [-0.4, -0.2) is 47.3 Å². The van der Waals surface area contributed by atoms with E-state index in [1.807, 2.05) is 6.07 Å². The third kappa shape index (κ3) is 6.54. The average molecular weight is 424 g/mol. The lowest BCUT2D eigenvalue weighted by atomic mass is 10.2. The van der Waals surface area contributed by atoms with E-state index in [0.29, 0.717) is 17.3 Å². The molecule has 5 nitrogen and oxygen atoms in total. The number of aryl methyl sites for hydroxylation is 1. The molecule has 0 saturated heterocycles. The van der Waals surface area contributed by atoms with Crippen molar-refractivity contribution < 1.29 is 4.79 Å². The third-order valence-electron chi connectivity index (χ3n) is 4.58. The summed E-state index contributed by atoms with van der Waals surface area (Å²) in [5.74, 6) is 0.281. The van der Waals surface area contributed by atoms with Gasteiger partial charge >= 0.3 is 0 Å². The summed E-state index contributed by atoms with van der Waals surface area (Å²) in [6, 6.07) is 7.06. The van der Waals surface area contributed by atoms with Gasteiger partial charge in [0.25, 0.3) is 5.56 Å². The van der Waals surface area contributed by atoms with Gasteiger partial charge < -0.3 is 14.8 Å². The Hall–Kier alpha value is -1.50. The Morgan fingerprint density at radius 3 is 2.57 bits per heavy atom. The Labute approximate surface area is 176 Å². The normalized spacial score (nSPS) is 11.3. The monoisotopic (exact) mass is 423 g/mol. The van der Waals surface area contributed by atoms with Crippen molar-refractivity contribution in [3.63, 3.8) is 0 Å². The van der Waals surface area contributed by atoms with E-state index >= 15 is 0 Å². The number of aromatic nitrogens is 1. The Bertz CT molecular complexity index is 847. The lowest BCUT2D eigenvalue weighted by molar-refractivity contribution is -0.118. The van der Waals surface area contributed by atoms with Crippen molar-refractivity contribution in [3.8, 4) is 0 Å². The van der Waals surface area contributed by atoms with E-state index in [1.54, 1.807) is 29.8 Å². The number of thioether (sulfide) groups is 1. The highest BCUT2D eigenvalue weighted by Gasteiger charge is 2.10. The van der Waals surface area contributed by atoms with E-state index in [4.69, 9.17) is 11.6 Å². The van der Waals surface area contributed by atoms with Crippen LogP contribution in [0.2, 0.25) is 5.02 Å². The molecule has 0 aliphatic heterocycles. The van der Waals surface area contributed by atoms with Gasteiger partial charge in [-0.15, -0.1) is 11.8 Å². The number of carbonyl (C=O) groups is 1. The summed E-state index contributed by atoms with van der Waals surface area (Å²) in [4.78, 5) is 27.6. The van der Waals surface area contributed by atoms with Crippen LogP contribution in [0.1, 0.15) is 33.1 Å². The molecule has 2 aromatic rings. The number of hydrogen-bond acceptors (Lipinski definition) is 4. The van der Waals surface area contributed by atoms with Crippen LogP contribution < -0.4 is 10.9 Å². The number of benzene rings is 1. The minimum absolute atomic E-state index is 0.00896. The molecule has 0 radical (unpaired) electrons. The van der Waals surface area contributed by atoms with Crippen LogP contribution in [0.25, 0.3) is 10.9 Å². The first-order valence-corrected chi connectivity index (χ1v) is 11.2. The molecule has 1 aromatic carbocycles. The van der Waals surface area contributed by atoms with Crippen LogP contribution >= 0.6 is 23.4 Å². The van der Waals surface area contributed by atoms with E-state index < -0.39 is 0 Å². The number of hydrogen-bond donors (Lipinski definition) is 1. The maximum atomic E-state index is 12.2. The number of nitrogens with zero attached hydrogens (tertiary/aromatic N) is 2. The minimum atomic E-state index is -0.107. The van der Waals surface area contributed by atoms with E-state index in [0.717, 1.165) is 54.7 Å². The smallest absolute Gasteiger partial charge is 0.251 e. The second-order valence-electron chi connectivity index (χ2n) is 6.90. The van der Waals surface area contributed by atoms with Gasteiger partial charge in [-0.3, -0.25) is 9.59 Å². The van der Waals surface area contributed by atoms with Gasteiger partial charge in [0.1, 0.15) is 0 Å². The maximum Gasteiger partial charge on any atom is 0.251 e. The summed E-state index contributed by atoms with van der Waals surface area (Å²) in [5.41, 5.74) is 0.666. The molecule has 1 aromatic heterocycles. The van der Waals surface area contributed by atoms with Gasteiger partial charge in [0.15, 0.2) is 0 Å². The third-order valence-corrected chi connectivity index (χ3v) is 5.87. The molecule has 0 spiro atoms. The second kappa shape index (κ2) is 11.5. The summed E-state index contributed by atoms with van der Waals surface area (Å²) in [6.45, 7) is 8.28. The molecule has 0 fully saturated rings. The van der Waals surface area contributed by atoms with Crippen molar-refractivity contribution in [1.29, 1.82) is 0 Å². The highest BCUT2D eigenvalue weighted by atomic mass is 35.5. The molecule has 0 aliphatic rings. The predicted molar refractivity (Wildman–Crippen MR) is 120 cm³/mol. The fourth-order valence-electron chi connectivity index (χ4n) is 3.21. The summed E-state index contributed by atoms with van der Waals surface area (Å²) in [5, 5.41) is 4.50. The number of carbonyl (C=O) groups excluding carboxylic acids is 1. The van der Waals surface area contributed by atoms with Crippen LogP contribution in [0.5, 0.6) is 0 Å². The lowest BCUT2D eigenvalue weighted by Crippen LogP contribution is -2.31. The summed E-state index contributed by atoms with van der Waals surface area (Å²) < 4.78 is 1.57. The average Bonchev–Trinajstić information content (AvgIpc) is 2.67. The first-order valence-electron chi connectivity index (χ1n) is 9.87. The van der Waals surface area contributed by atoms with E-state index in [-0.39, 0.29) is 11.5 Å². The first kappa shape index (κ1) is 22.8. The Balaban J connectivity index is 1.88. The first-order chi connectivity index (χ1) is 13.5. The molecule has 1 amide bonds. The summed E-state index contributed by atoms with van der Waals surface area (Å²) >= 11 is 7.45. The molecule has 0 unspecified atom stereocenters. The zero-order valence-corrected chi connectivity index (χ0v) is 18.5. The number of amides is 1. The molecule has 7 heteroatoms. The molecular weight excluding hydrogens is 394 g/mol. The molecule has 1 heterocycles. The Kier molecular flexibility index (Phi) is 9.35. The highest BCUT2D eigenvalue weighted by Crippen LogP contribution is 2.28. The zero-order valence-electron chi connectivity index (χ0n) is 17.0. The van der Waals surface area contributed by atoms with Gasteiger partial charge in [0.2, 0.25) is 5.91 Å². The molecule has 1 N–H and O–H groups in total. The number of halogens is 1. The molecule has 0 saturated carbocycles. The van der Waals surface area contributed by atoms with E-state index in [9.17, 15) is 9.59 Å². The van der Waals surface area contributed by atoms with Gasteiger partial charge in [-0.25, -0.2) is 0 Å². The predicted octanol–water partition coefficient (Wildman–Crippen LogP) is 3.91. The number of nitrogens with one attached hydrogen (secondary N) is 1. The maximum absolute atomic E-state index is 12.2. The van der Waals surface area contributed by atoms with Gasteiger partial charge in [0, 0.05) is 35.0 Å². The largest absolute Gasteiger partial charge is 0.355 e. The van der Waals surface area contributed by atoms with Gasteiger partial charge in [-0.2, -0.15) is 0 Å². The summed E-state index contributed by atoms with van der Waals surface area (Å²) in [7, 11) is 1.72.